The minimum atomic E-state index is -3.29. The Balaban J connectivity index is 1.01. The molecule has 1 aliphatic rings. The molecule has 3 heterocycles. The Hall–Kier alpha value is -5.63. The number of ether oxygens (including phenoxy) is 2. The maximum atomic E-state index is 13.4. The van der Waals surface area contributed by atoms with Gasteiger partial charge in [0.25, 0.3) is 0 Å². The average Bonchev–Trinajstić information content (AvgIpc) is 3.83. The number of rotatable bonds is 13. The number of aromatic nitrogens is 4. The summed E-state index contributed by atoms with van der Waals surface area (Å²) in [6, 6.07) is 20.9. The topological polar surface area (TPSA) is 149 Å². The highest BCUT2D eigenvalue weighted by molar-refractivity contribution is 9.10. The van der Waals surface area contributed by atoms with Crippen molar-refractivity contribution in [1.29, 1.82) is 0 Å². The van der Waals surface area contributed by atoms with E-state index in [1.165, 1.54) is 102 Å². The van der Waals surface area contributed by atoms with Gasteiger partial charge in [0.2, 0.25) is 21.8 Å². The first kappa shape index (κ1) is 37.7. The van der Waals surface area contributed by atoms with Crippen LogP contribution in [-0.4, -0.2) is 73.6 Å². The fraction of sp³-hybridized carbons (Fsp3) is 0.139. The standard InChI is InChI=1S/C36H30BrF2N7O7S2/c1-52-36(47)32-15-30(11-13-34(32)45(54(48)49)28-16-40-43(19-28)26-7-3-24(38)4-8-26)53-31-21-42(22-31)18-23-2-12-35(33(37)14-23)46(55(50)51)29-17-41-44(20-29)27-9-5-25(39)6-10-27/h2-17,19-20,31,54-55H,18,21-22H2,1H3. The number of hydrogen-bond acceptors (Lipinski definition) is 10. The molecule has 1 saturated heterocycles. The molecule has 4 aromatic carbocycles. The van der Waals surface area contributed by atoms with Crippen molar-refractivity contribution in [3.8, 4) is 17.1 Å². The van der Waals surface area contributed by atoms with Gasteiger partial charge in [-0.05, 0) is 100 Å². The number of halogens is 3. The lowest BCUT2D eigenvalue weighted by molar-refractivity contribution is 0.0144. The largest absolute Gasteiger partial charge is 0.488 e. The highest BCUT2D eigenvalue weighted by Crippen LogP contribution is 2.36. The molecule has 19 heteroatoms. The second kappa shape index (κ2) is 16.0. The van der Waals surface area contributed by atoms with Crippen molar-refractivity contribution in [2.24, 2.45) is 0 Å². The van der Waals surface area contributed by atoms with Crippen molar-refractivity contribution in [2.45, 2.75) is 12.6 Å². The molecule has 0 aliphatic carbocycles. The average molecular weight is 855 g/mol. The smallest absolute Gasteiger partial charge is 0.340 e. The summed E-state index contributed by atoms with van der Waals surface area (Å²) >= 11 is 3.52. The summed E-state index contributed by atoms with van der Waals surface area (Å²) in [7, 11) is -5.20. The molecule has 0 atom stereocenters. The molecule has 0 amide bonds. The molecule has 1 aliphatic heterocycles. The number of carbonyl (C=O) groups is 1. The molecule has 2 aromatic heterocycles. The molecule has 0 bridgehead atoms. The van der Waals surface area contributed by atoms with Gasteiger partial charge >= 0.3 is 5.97 Å². The van der Waals surface area contributed by atoms with Crippen LogP contribution < -0.4 is 13.3 Å². The Morgan fingerprint density at radius 2 is 1.31 bits per heavy atom. The fourth-order valence-electron chi connectivity index (χ4n) is 6.00. The maximum absolute atomic E-state index is 13.4. The van der Waals surface area contributed by atoms with Crippen LogP contribution in [0, 0.1) is 11.6 Å². The van der Waals surface area contributed by atoms with Crippen molar-refractivity contribution in [3.05, 3.63) is 137 Å². The van der Waals surface area contributed by atoms with Gasteiger partial charge in [-0.25, -0.2) is 48.4 Å². The van der Waals surface area contributed by atoms with Crippen LogP contribution in [0.4, 0.5) is 31.5 Å². The molecular weight excluding hydrogens is 824 g/mol. The number of benzene rings is 4. The number of carbonyl (C=O) groups excluding carboxylic acids is 1. The van der Waals surface area contributed by atoms with Crippen LogP contribution in [0.1, 0.15) is 15.9 Å². The second-order valence-corrected chi connectivity index (χ2v) is 14.8. The summed E-state index contributed by atoms with van der Waals surface area (Å²) in [4.78, 5) is 15.0. The van der Waals surface area contributed by atoms with Crippen LogP contribution >= 0.6 is 15.9 Å². The van der Waals surface area contributed by atoms with Crippen LogP contribution in [0.5, 0.6) is 5.75 Å². The highest BCUT2D eigenvalue weighted by Gasteiger charge is 2.30. The molecule has 284 valence electrons. The molecule has 1 fully saturated rings. The lowest BCUT2D eigenvalue weighted by Crippen LogP contribution is -2.53. The number of esters is 1. The van der Waals surface area contributed by atoms with E-state index >= 15 is 0 Å². The molecule has 0 saturated carbocycles. The summed E-state index contributed by atoms with van der Waals surface area (Å²) in [5.41, 5.74) is 2.77. The molecular formula is C36H30BrF2N7O7S2. The molecule has 55 heavy (non-hydrogen) atoms. The SMILES string of the molecule is COC(=O)c1cc(OC2CN(Cc3ccc(N(c4cnn(-c5ccc(F)cc5)c4)[SH](=O)=O)c(Br)c3)C2)ccc1N(c1cnn(-c2ccc(F)cc2)c1)[SH](=O)=O. The van der Waals surface area contributed by atoms with E-state index in [1.54, 1.807) is 12.1 Å². The molecule has 0 N–H and O–H groups in total. The first-order valence-corrected chi connectivity index (χ1v) is 19.4. The number of likely N-dealkylation sites (tertiary alicyclic amines) is 1. The van der Waals surface area contributed by atoms with E-state index < -0.39 is 39.4 Å². The zero-order valence-electron chi connectivity index (χ0n) is 28.6. The number of nitrogens with zero attached hydrogens (tertiary/aromatic N) is 7. The van der Waals surface area contributed by atoms with E-state index in [2.05, 4.69) is 31.0 Å². The van der Waals surface area contributed by atoms with Crippen LogP contribution in [0.15, 0.2) is 114 Å². The third-order valence-electron chi connectivity index (χ3n) is 8.61. The molecule has 6 aromatic rings. The van der Waals surface area contributed by atoms with E-state index in [0.717, 1.165) is 14.2 Å². The van der Waals surface area contributed by atoms with Crippen molar-refractivity contribution in [1.82, 2.24) is 24.5 Å². The van der Waals surface area contributed by atoms with Gasteiger partial charge in [0, 0.05) is 24.1 Å². The number of hydrogen-bond donors (Lipinski definition) is 2. The Bertz CT molecular complexity index is 2510. The zero-order chi connectivity index (χ0) is 38.8. The monoisotopic (exact) mass is 853 g/mol. The molecule has 0 spiro atoms. The predicted molar refractivity (Wildman–Crippen MR) is 204 cm³/mol. The van der Waals surface area contributed by atoms with Crippen LogP contribution in [0.2, 0.25) is 0 Å². The van der Waals surface area contributed by atoms with Gasteiger partial charge in [-0.3, -0.25) is 4.90 Å². The molecule has 14 nitrogen and oxygen atoms in total. The van der Waals surface area contributed by atoms with Gasteiger partial charge in [-0.1, -0.05) is 6.07 Å². The molecule has 0 unspecified atom stereocenters. The number of methoxy groups -OCH3 is 1. The fourth-order valence-corrected chi connectivity index (χ4v) is 8.03. The second-order valence-electron chi connectivity index (χ2n) is 12.2. The van der Waals surface area contributed by atoms with Crippen LogP contribution in [0.3, 0.4) is 0 Å². The van der Waals surface area contributed by atoms with E-state index in [1.807, 2.05) is 12.1 Å². The summed E-state index contributed by atoms with van der Waals surface area (Å²) in [5, 5.41) is 8.44. The van der Waals surface area contributed by atoms with E-state index in [9.17, 15) is 30.4 Å². The zero-order valence-corrected chi connectivity index (χ0v) is 32.0. The minimum Gasteiger partial charge on any atom is -0.488 e. The van der Waals surface area contributed by atoms with Crippen LogP contribution in [-0.2, 0) is 33.1 Å². The highest BCUT2D eigenvalue weighted by atomic mass is 79.9. The third-order valence-corrected chi connectivity index (χ3v) is 10.8. The lowest BCUT2D eigenvalue weighted by Gasteiger charge is -2.39. The van der Waals surface area contributed by atoms with Gasteiger partial charge in [-0.2, -0.15) is 10.2 Å². The summed E-state index contributed by atoms with van der Waals surface area (Å²) < 4.78 is 93.2. The van der Waals surface area contributed by atoms with Gasteiger partial charge in [0.15, 0.2) is 0 Å². The number of anilines is 4. The number of thiol groups is 2. The quantitative estimate of drug-likeness (QED) is 0.113. The third kappa shape index (κ3) is 8.24. The minimum absolute atomic E-state index is 0.0278. The van der Waals surface area contributed by atoms with Gasteiger partial charge in [-0.15, -0.1) is 0 Å². The first-order chi connectivity index (χ1) is 26.5. The Morgan fingerprint density at radius 1 is 0.782 bits per heavy atom. The first-order valence-electron chi connectivity index (χ1n) is 16.4. The summed E-state index contributed by atoms with van der Waals surface area (Å²) in [6.07, 6.45) is 5.45. The Labute approximate surface area is 325 Å². The maximum Gasteiger partial charge on any atom is 0.340 e. The Morgan fingerprint density at radius 3 is 1.82 bits per heavy atom. The molecule has 0 radical (unpaired) electrons. The Kier molecular flexibility index (Phi) is 11.0. The van der Waals surface area contributed by atoms with Gasteiger partial charge in [0.1, 0.15) is 23.5 Å². The van der Waals surface area contributed by atoms with Crippen molar-refractivity contribution in [2.75, 3.05) is 28.8 Å². The van der Waals surface area contributed by atoms with Gasteiger partial charge in [0.05, 0.1) is 71.6 Å². The normalized spacial score (nSPS) is 13.2. The van der Waals surface area contributed by atoms with Crippen molar-refractivity contribution >= 4 is 66.4 Å². The molecule has 7 rings (SSSR count). The van der Waals surface area contributed by atoms with E-state index in [0.29, 0.717) is 52.6 Å². The lowest BCUT2D eigenvalue weighted by atomic mass is 10.1. The summed E-state index contributed by atoms with van der Waals surface area (Å²) in [5.74, 6) is -1.28. The van der Waals surface area contributed by atoms with Gasteiger partial charge < -0.3 is 9.47 Å². The van der Waals surface area contributed by atoms with Crippen molar-refractivity contribution < 1.29 is 39.9 Å². The summed E-state index contributed by atoms with van der Waals surface area (Å²) in [6.45, 7) is 1.61. The van der Waals surface area contributed by atoms with Crippen LogP contribution in [0.25, 0.3) is 11.4 Å². The van der Waals surface area contributed by atoms with E-state index in [-0.39, 0.29) is 23.0 Å². The van der Waals surface area contributed by atoms with Crippen molar-refractivity contribution in [3.63, 3.8) is 0 Å². The van der Waals surface area contributed by atoms with E-state index in [4.69, 9.17) is 9.47 Å². The predicted octanol–water partition coefficient (Wildman–Crippen LogP) is 5.48.